The van der Waals surface area contributed by atoms with Gasteiger partial charge in [0.05, 0.1) is 17.1 Å². The molecule has 0 aliphatic heterocycles. The average molecular weight is 319 g/mol. The molecule has 0 spiro atoms. The molecule has 0 fully saturated rings. The van der Waals surface area contributed by atoms with Crippen molar-refractivity contribution >= 4 is 0 Å². The van der Waals surface area contributed by atoms with Crippen LogP contribution in [0.1, 0.15) is 33.8 Å². The molecule has 0 N–H and O–H groups in total. The molecule has 0 aromatic carbocycles. The zero-order valence-corrected chi connectivity index (χ0v) is 14.4. The van der Waals surface area contributed by atoms with Crippen molar-refractivity contribution in [2.24, 2.45) is 0 Å². The lowest BCUT2D eigenvalue weighted by molar-refractivity contribution is 0.0474. The standard InChI is InChI=1S/C20H21N3O/c1-14-5-8-17(21-11-14)20(24-4,18-9-6-15(2)12-22-18)19-10-7-16(3)13-23-19/h5-13H,1-4H3. The number of rotatable bonds is 4. The first-order valence-corrected chi connectivity index (χ1v) is 7.91. The van der Waals surface area contributed by atoms with E-state index in [9.17, 15) is 0 Å². The highest BCUT2D eigenvalue weighted by atomic mass is 16.5. The second kappa shape index (κ2) is 6.49. The first-order chi connectivity index (χ1) is 11.6. The van der Waals surface area contributed by atoms with Crippen LogP contribution >= 0.6 is 0 Å². The highest BCUT2D eigenvalue weighted by molar-refractivity contribution is 5.40. The Kier molecular flexibility index (Phi) is 4.40. The van der Waals surface area contributed by atoms with Gasteiger partial charge in [-0.2, -0.15) is 0 Å². The third kappa shape index (κ3) is 2.81. The minimum absolute atomic E-state index is 0.767. The van der Waals surface area contributed by atoms with Crippen molar-refractivity contribution in [2.75, 3.05) is 7.11 Å². The maximum Gasteiger partial charge on any atom is 0.193 e. The molecule has 3 aromatic heterocycles. The van der Waals surface area contributed by atoms with Crippen LogP contribution < -0.4 is 0 Å². The third-order valence-corrected chi connectivity index (χ3v) is 4.12. The fourth-order valence-electron chi connectivity index (χ4n) is 2.74. The molecule has 4 nitrogen and oxygen atoms in total. The van der Waals surface area contributed by atoms with Gasteiger partial charge in [-0.25, -0.2) is 0 Å². The molecular formula is C20H21N3O. The first kappa shape index (κ1) is 16.3. The van der Waals surface area contributed by atoms with Crippen molar-refractivity contribution in [3.63, 3.8) is 0 Å². The van der Waals surface area contributed by atoms with E-state index in [1.165, 1.54) is 0 Å². The second-order valence-corrected chi connectivity index (χ2v) is 6.05. The van der Waals surface area contributed by atoms with Gasteiger partial charge >= 0.3 is 0 Å². The van der Waals surface area contributed by atoms with E-state index in [1.54, 1.807) is 7.11 Å². The monoisotopic (exact) mass is 319 g/mol. The van der Waals surface area contributed by atoms with Gasteiger partial charge < -0.3 is 4.74 Å². The van der Waals surface area contributed by atoms with Crippen LogP contribution in [0.2, 0.25) is 0 Å². The molecule has 0 saturated carbocycles. The van der Waals surface area contributed by atoms with E-state index in [1.807, 2.05) is 75.8 Å². The molecule has 0 aliphatic rings. The summed E-state index contributed by atoms with van der Waals surface area (Å²) in [6.07, 6.45) is 5.52. The predicted octanol–water partition coefficient (Wildman–Crippen LogP) is 3.74. The lowest BCUT2D eigenvalue weighted by Crippen LogP contribution is -2.34. The van der Waals surface area contributed by atoms with Crippen molar-refractivity contribution in [2.45, 2.75) is 26.4 Å². The Hall–Kier alpha value is -2.59. The average Bonchev–Trinajstić information content (AvgIpc) is 2.60. The van der Waals surface area contributed by atoms with Crippen molar-refractivity contribution in [3.05, 3.63) is 88.8 Å². The summed E-state index contributed by atoms with van der Waals surface area (Å²) in [4.78, 5) is 13.8. The zero-order valence-electron chi connectivity index (χ0n) is 14.4. The molecule has 0 saturated heterocycles. The summed E-state index contributed by atoms with van der Waals surface area (Å²) in [7, 11) is 1.67. The van der Waals surface area contributed by atoms with E-state index >= 15 is 0 Å². The Labute approximate surface area is 142 Å². The predicted molar refractivity (Wildman–Crippen MR) is 93.8 cm³/mol. The van der Waals surface area contributed by atoms with Crippen molar-refractivity contribution in [3.8, 4) is 0 Å². The fourth-order valence-corrected chi connectivity index (χ4v) is 2.74. The zero-order chi connectivity index (χ0) is 17.2. The molecule has 0 unspecified atom stereocenters. The van der Waals surface area contributed by atoms with E-state index < -0.39 is 5.60 Å². The topological polar surface area (TPSA) is 47.9 Å². The number of hydrogen-bond donors (Lipinski definition) is 0. The fraction of sp³-hybridized carbons (Fsp3) is 0.250. The quantitative estimate of drug-likeness (QED) is 0.735. The van der Waals surface area contributed by atoms with Crippen LogP contribution in [0.3, 0.4) is 0 Å². The Morgan fingerprint density at radius 3 is 1.17 bits per heavy atom. The molecule has 3 aromatic rings. The number of hydrogen-bond acceptors (Lipinski definition) is 4. The van der Waals surface area contributed by atoms with E-state index in [4.69, 9.17) is 4.74 Å². The molecule has 0 atom stereocenters. The van der Waals surface area contributed by atoms with Crippen LogP contribution in [0.5, 0.6) is 0 Å². The summed E-state index contributed by atoms with van der Waals surface area (Å²) < 4.78 is 6.03. The molecule has 0 aliphatic carbocycles. The van der Waals surface area contributed by atoms with Crippen LogP contribution in [0.25, 0.3) is 0 Å². The first-order valence-electron chi connectivity index (χ1n) is 7.91. The summed E-state index contributed by atoms with van der Waals surface area (Å²) in [6, 6.07) is 12.0. The highest BCUT2D eigenvalue weighted by Gasteiger charge is 2.40. The van der Waals surface area contributed by atoms with E-state index in [0.717, 1.165) is 33.8 Å². The van der Waals surface area contributed by atoms with Crippen molar-refractivity contribution in [1.82, 2.24) is 15.0 Å². The van der Waals surface area contributed by atoms with Crippen LogP contribution in [0.15, 0.2) is 55.0 Å². The number of aromatic nitrogens is 3. The molecule has 4 heteroatoms. The number of ether oxygens (including phenoxy) is 1. The maximum absolute atomic E-state index is 6.03. The number of aryl methyl sites for hydroxylation is 3. The largest absolute Gasteiger partial charge is 0.359 e. The smallest absolute Gasteiger partial charge is 0.193 e. The van der Waals surface area contributed by atoms with E-state index in [0.29, 0.717) is 0 Å². The van der Waals surface area contributed by atoms with Gasteiger partial charge in [0.15, 0.2) is 5.60 Å². The molecule has 122 valence electrons. The van der Waals surface area contributed by atoms with Gasteiger partial charge in [0.1, 0.15) is 0 Å². The normalized spacial score (nSPS) is 11.5. The summed E-state index contributed by atoms with van der Waals surface area (Å²) in [6.45, 7) is 6.04. The summed E-state index contributed by atoms with van der Waals surface area (Å²) >= 11 is 0. The van der Waals surface area contributed by atoms with Crippen LogP contribution in [-0.4, -0.2) is 22.1 Å². The Morgan fingerprint density at radius 2 is 0.958 bits per heavy atom. The summed E-state index contributed by atoms with van der Waals surface area (Å²) in [5.41, 5.74) is 4.65. The minimum atomic E-state index is -0.935. The SMILES string of the molecule is COC(c1ccc(C)cn1)(c1ccc(C)cn1)c1ccc(C)cn1. The maximum atomic E-state index is 6.03. The van der Waals surface area contributed by atoms with E-state index in [2.05, 4.69) is 15.0 Å². The molecule has 24 heavy (non-hydrogen) atoms. The third-order valence-electron chi connectivity index (χ3n) is 4.12. The molecule has 3 heterocycles. The van der Waals surface area contributed by atoms with Gasteiger partial charge in [0.25, 0.3) is 0 Å². The van der Waals surface area contributed by atoms with E-state index in [-0.39, 0.29) is 0 Å². The molecule has 0 bridgehead atoms. The Morgan fingerprint density at radius 1 is 0.625 bits per heavy atom. The summed E-state index contributed by atoms with van der Waals surface area (Å²) in [5.74, 6) is 0. The molecule has 3 rings (SSSR count). The molecule has 0 radical (unpaired) electrons. The number of methoxy groups -OCH3 is 1. The second-order valence-electron chi connectivity index (χ2n) is 6.05. The van der Waals surface area contributed by atoms with Crippen LogP contribution in [0, 0.1) is 20.8 Å². The van der Waals surface area contributed by atoms with Crippen molar-refractivity contribution < 1.29 is 4.74 Å². The van der Waals surface area contributed by atoms with Gasteiger partial charge in [-0.15, -0.1) is 0 Å². The van der Waals surface area contributed by atoms with Gasteiger partial charge in [-0.3, -0.25) is 15.0 Å². The lowest BCUT2D eigenvalue weighted by atomic mass is 9.89. The molecule has 0 amide bonds. The van der Waals surface area contributed by atoms with Crippen LogP contribution in [-0.2, 0) is 10.3 Å². The Bertz CT molecular complexity index is 698. The Balaban J connectivity index is 2.27. The minimum Gasteiger partial charge on any atom is -0.359 e. The van der Waals surface area contributed by atoms with Gasteiger partial charge in [0, 0.05) is 25.7 Å². The van der Waals surface area contributed by atoms with Crippen molar-refractivity contribution in [1.29, 1.82) is 0 Å². The lowest BCUT2D eigenvalue weighted by Gasteiger charge is -2.31. The van der Waals surface area contributed by atoms with Gasteiger partial charge in [-0.05, 0) is 55.7 Å². The van der Waals surface area contributed by atoms with Gasteiger partial charge in [0.2, 0.25) is 0 Å². The van der Waals surface area contributed by atoms with Crippen LogP contribution in [0.4, 0.5) is 0 Å². The summed E-state index contributed by atoms with van der Waals surface area (Å²) in [5, 5.41) is 0. The molecular weight excluding hydrogens is 298 g/mol. The number of nitrogens with zero attached hydrogens (tertiary/aromatic N) is 3. The highest BCUT2D eigenvalue weighted by Crippen LogP contribution is 2.36. The van der Waals surface area contributed by atoms with Gasteiger partial charge in [-0.1, -0.05) is 18.2 Å². The number of pyridine rings is 3.